The first-order chi connectivity index (χ1) is 17.6. The normalized spacial score (nSPS) is 10.6. The number of ether oxygens (including phenoxy) is 2. The first-order valence-electron chi connectivity index (χ1n) is 12.2. The second-order valence-corrected chi connectivity index (χ2v) is 8.37. The summed E-state index contributed by atoms with van der Waals surface area (Å²) in [6.07, 6.45) is 1.78. The van der Waals surface area contributed by atoms with E-state index in [0.717, 1.165) is 23.6 Å². The lowest BCUT2D eigenvalue weighted by molar-refractivity contribution is 0.101. The van der Waals surface area contributed by atoms with E-state index in [2.05, 4.69) is 10.6 Å². The lowest BCUT2D eigenvalue weighted by Crippen LogP contribution is -2.13. The fourth-order valence-electron chi connectivity index (χ4n) is 3.81. The van der Waals surface area contributed by atoms with Crippen LogP contribution in [-0.2, 0) is 0 Å². The number of carbonyl (C=O) groups is 2. The molecule has 0 spiro atoms. The van der Waals surface area contributed by atoms with Crippen molar-refractivity contribution in [1.29, 1.82) is 0 Å². The summed E-state index contributed by atoms with van der Waals surface area (Å²) in [6, 6.07) is 25.5. The van der Waals surface area contributed by atoms with Gasteiger partial charge in [-0.1, -0.05) is 50.2 Å². The molecule has 0 bridgehead atoms. The molecule has 0 atom stereocenters. The first kappa shape index (κ1) is 24.8. The van der Waals surface area contributed by atoms with Gasteiger partial charge in [0.25, 0.3) is 11.8 Å². The van der Waals surface area contributed by atoms with Crippen molar-refractivity contribution >= 4 is 34.0 Å². The van der Waals surface area contributed by atoms with Crippen molar-refractivity contribution < 1.29 is 19.1 Å². The summed E-state index contributed by atoms with van der Waals surface area (Å²) in [4.78, 5) is 26.0. The number of nitrogens with one attached hydrogen (secondary N) is 2. The Balaban J connectivity index is 1.55. The maximum absolute atomic E-state index is 13.0. The molecule has 0 aliphatic heterocycles. The minimum Gasteiger partial charge on any atom is -0.494 e. The van der Waals surface area contributed by atoms with Crippen LogP contribution in [-0.4, -0.2) is 25.0 Å². The maximum atomic E-state index is 13.0. The molecule has 0 unspecified atom stereocenters. The van der Waals surface area contributed by atoms with Crippen LogP contribution in [0.3, 0.4) is 0 Å². The molecule has 6 nitrogen and oxygen atoms in total. The third-order valence-corrected chi connectivity index (χ3v) is 5.56. The minimum atomic E-state index is -0.234. The number of benzene rings is 4. The van der Waals surface area contributed by atoms with Crippen LogP contribution in [0.25, 0.3) is 10.8 Å². The number of rotatable bonds is 10. The summed E-state index contributed by atoms with van der Waals surface area (Å²) in [5, 5.41) is 7.64. The average molecular weight is 483 g/mol. The van der Waals surface area contributed by atoms with Gasteiger partial charge < -0.3 is 20.1 Å². The van der Waals surface area contributed by atoms with Crippen LogP contribution in [0.1, 0.15) is 47.4 Å². The van der Waals surface area contributed by atoms with Crippen molar-refractivity contribution in [3.05, 3.63) is 96.1 Å². The molecule has 0 radical (unpaired) electrons. The molecular formula is C30H30N2O4. The van der Waals surface area contributed by atoms with E-state index in [0.29, 0.717) is 47.2 Å². The largest absolute Gasteiger partial charge is 0.494 e. The summed E-state index contributed by atoms with van der Waals surface area (Å²) in [5.74, 6) is 0.860. The quantitative estimate of drug-likeness (QED) is 0.257. The fraction of sp³-hybridized carbons (Fsp3) is 0.200. The van der Waals surface area contributed by atoms with Gasteiger partial charge in [-0.25, -0.2) is 0 Å². The van der Waals surface area contributed by atoms with Crippen LogP contribution in [0, 0.1) is 0 Å². The molecule has 4 aromatic carbocycles. The van der Waals surface area contributed by atoms with Crippen molar-refractivity contribution in [2.75, 3.05) is 23.8 Å². The molecule has 0 saturated heterocycles. The highest BCUT2D eigenvalue weighted by molar-refractivity contribution is 6.14. The number of hydrogen-bond donors (Lipinski definition) is 2. The Morgan fingerprint density at radius 2 is 1.03 bits per heavy atom. The molecule has 2 amide bonds. The van der Waals surface area contributed by atoms with Gasteiger partial charge in [0.05, 0.1) is 13.2 Å². The molecule has 4 aromatic rings. The van der Waals surface area contributed by atoms with Gasteiger partial charge in [-0.3, -0.25) is 9.59 Å². The second-order valence-electron chi connectivity index (χ2n) is 8.37. The first-order valence-corrected chi connectivity index (χ1v) is 12.2. The summed E-state index contributed by atoms with van der Waals surface area (Å²) in [5.41, 5.74) is 2.33. The van der Waals surface area contributed by atoms with Gasteiger partial charge in [0.2, 0.25) is 0 Å². The minimum absolute atomic E-state index is 0.234. The zero-order valence-electron chi connectivity index (χ0n) is 20.5. The highest BCUT2D eigenvalue weighted by Gasteiger charge is 2.13. The van der Waals surface area contributed by atoms with Crippen molar-refractivity contribution in [2.45, 2.75) is 26.7 Å². The van der Waals surface area contributed by atoms with E-state index in [1.807, 2.05) is 62.4 Å². The Kier molecular flexibility index (Phi) is 8.19. The Hall–Kier alpha value is -4.32. The van der Waals surface area contributed by atoms with Crippen LogP contribution in [0.15, 0.2) is 84.9 Å². The number of anilines is 2. The van der Waals surface area contributed by atoms with E-state index in [9.17, 15) is 9.59 Å². The molecule has 0 fully saturated rings. The smallest absolute Gasteiger partial charge is 0.255 e. The molecule has 0 aliphatic carbocycles. The van der Waals surface area contributed by atoms with Gasteiger partial charge in [-0.15, -0.1) is 0 Å². The predicted octanol–water partition coefficient (Wildman–Crippen LogP) is 6.92. The highest BCUT2D eigenvalue weighted by atomic mass is 16.5. The zero-order valence-corrected chi connectivity index (χ0v) is 20.5. The summed E-state index contributed by atoms with van der Waals surface area (Å²) < 4.78 is 11.3. The summed E-state index contributed by atoms with van der Waals surface area (Å²) in [6.45, 7) is 5.26. The van der Waals surface area contributed by atoms with Crippen molar-refractivity contribution in [2.24, 2.45) is 0 Å². The Morgan fingerprint density at radius 1 is 0.611 bits per heavy atom. The number of amides is 2. The van der Waals surface area contributed by atoms with Crippen molar-refractivity contribution in [1.82, 2.24) is 0 Å². The standard InChI is InChI=1S/C30H30N2O4/c1-3-17-35-23-11-5-9-21(19-23)29(33)31-27-15-7-14-26-25(27)13-8-16-28(26)32-30(34)22-10-6-12-24(20-22)36-18-4-2/h5-16,19-20H,3-4,17-18H2,1-2H3,(H,31,33)(H,32,34). The van der Waals surface area contributed by atoms with E-state index in [1.165, 1.54) is 0 Å². The monoisotopic (exact) mass is 482 g/mol. The number of hydrogen-bond acceptors (Lipinski definition) is 4. The molecule has 0 aromatic heterocycles. The molecule has 2 N–H and O–H groups in total. The van der Waals surface area contributed by atoms with E-state index < -0.39 is 0 Å². The second kappa shape index (κ2) is 11.9. The molecule has 4 rings (SSSR count). The third kappa shape index (κ3) is 6.02. The van der Waals surface area contributed by atoms with E-state index >= 15 is 0 Å². The predicted molar refractivity (Wildman–Crippen MR) is 144 cm³/mol. The molecule has 0 aliphatic rings. The Morgan fingerprint density at radius 3 is 1.44 bits per heavy atom. The lowest BCUT2D eigenvalue weighted by atomic mass is 10.1. The maximum Gasteiger partial charge on any atom is 0.255 e. The summed E-state index contributed by atoms with van der Waals surface area (Å²) in [7, 11) is 0. The molecule has 0 saturated carbocycles. The Bertz CT molecular complexity index is 1260. The highest BCUT2D eigenvalue weighted by Crippen LogP contribution is 2.30. The third-order valence-electron chi connectivity index (χ3n) is 5.56. The molecule has 6 heteroatoms. The van der Waals surface area contributed by atoms with E-state index in [-0.39, 0.29) is 11.8 Å². The van der Waals surface area contributed by atoms with Gasteiger partial charge >= 0.3 is 0 Å². The lowest BCUT2D eigenvalue weighted by Gasteiger charge is -2.13. The van der Waals surface area contributed by atoms with Gasteiger partial charge in [0.15, 0.2) is 0 Å². The topological polar surface area (TPSA) is 76.7 Å². The van der Waals surface area contributed by atoms with Crippen LogP contribution in [0.5, 0.6) is 11.5 Å². The summed E-state index contributed by atoms with van der Waals surface area (Å²) >= 11 is 0. The SMILES string of the molecule is CCCOc1cccc(C(=O)Nc2cccc3c(NC(=O)c4cccc(OCCC)c4)cccc23)c1. The molecule has 184 valence electrons. The van der Waals surface area contributed by atoms with Gasteiger partial charge in [0.1, 0.15) is 11.5 Å². The average Bonchev–Trinajstić information content (AvgIpc) is 2.91. The van der Waals surface area contributed by atoms with Gasteiger partial charge in [-0.2, -0.15) is 0 Å². The van der Waals surface area contributed by atoms with Crippen molar-refractivity contribution in [3.63, 3.8) is 0 Å². The van der Waals surface area contributed by atoms with Gasteiger partial charge in [-0.05, 0) is 61.4 Å². The van der Waals surface area contributed by atoms with Crippen LogP contribution >= 0.6 is 0 Å². The van der Waals surface area contributed by atoms with Crippen LogP contribution in [0.2, 0.25) is 0 Å². The molecular weight excluding hydrogens is 452 g/mol. The Labute approximate surface area is 211 Å². The number of fused-ring (bicyclic) bond motifs is 1. The van der Waals surface area contributed by atoms with E-state index in [4.69, 9.17) is 9.47 Å². The zero-order chi connectivity index (χ0) is 25.3. The number of carbonyl (C=O) groups excluding carboxylic acids is 2. The molecule has 36 heavy (non-hydrogen) atoms. The molecule has 0 heterocycles. The van der Waals surface area contributed by atoms with E-state index in [1.54, 1.807) is 36.4 Å². The van der Waals surface area contributed by atoms with Crippen LogP contribution in [0.4, 0.5) is 11.4 Å². The van der Waals surface area contributed by atoms with Crippen LogP contribution < -0.4 is 20.1 Å². The van der Waals surface area contributed by atoms with Crippen molar-refractivity contribution in [3.8, 4) is 11.5 Å². The van der Waals surface area contributed by atoms with Gasteiger partial charge in [0, 0.05) is 33.3 Å². The fourth-order valence-corrected chi connectivity index (χ4v) is 3.81.